The number of anilines is 3. The van der Waals surface area contributed by atoms with E-state index in [4.69, 9.17) is 15.5 Å². The Bertz CT molecular complexity index is 843. The van der Waals surface area contributed by atoms with E-state index in [1.165, 1.54) is 0 Å². The van der Waals surface area contributed by atoms with E-state index < -0.39 is 0 Å². The standard InChI is InChI=1S/C21H28N6O2/c1-14-12-24-21(26-20(14)27-9-6-16(7-10-27)19(22)28)25-17-4-2-15(3-5-17)18-13-23-8-11-29-18/h2-5,12,16,18,23H,6-11,13H2,1H3,(H2,22,28)(H,24,25,26). The van der Waals surface area contributed by atoms with E-state index >= 15 is 0 Å². The quantitative estimate of drug-likeness (QED) is 0.709. The van der Waals surface area contributed by atoms with Gasteiger partial charge >= 0.3 is 0 Å². The van der Waals surface area contributed by atoms with Crippen molar-refractivity contribution >= 4 is 23.4 Å². The maximum atomic E-state index is 11.4. The number of hydrogen-bond donors (Lipinski definition) is 3. The van der Waals surface area contributed by atoms with Crippen LogP contribution in [0.1, 0.15) is 30.1 Å². The molecule has 1 unspecified atom stereocenters. The average molecular weight is 396 g/mol. The van der Waals surface area contributed by atoms with Gasteiger partial charge in [0.2, 0.25) is 11.9 Å². The maximum absolute atomic E-state index is 11.4. The second-order valence-electron chi connectivity index (χ2n) is 7.67. The van der Waals surface area contributed by atoms with Crippen LogP contribution in [-0.2, 0) is 9.53 Å². The lowest BCUT2D eigenvalue weighted by Crippen LogP contribution is -2.39. The van der Waals surface area contributed by atoms with E-state index in [1.807, 2.05) is 25.3 Å². The van der Waals surface area contributed by atoms with Gasteiger partial charge < -0.3 is 26.0 Å². The molecule has 1 atom stereocenters. The van der Waals surface area contributed by atoms with Gasteiger partial charge in [-0.1, -0.05) is 12.1 Å². The number of carbonyl (C=O) groups excluding carboxylic acids is 1. The van der Waals surface area contributed by atoms with Crippen LogP contribution < -0.4 is 21.3 Å². The number of amides is 1. The van der Waals surface area contributed by atoms with Crippen LogP contribution in [0.25, 0.3) is 0 Å². The first kappa shape index (κ1) is 19.6. The lowest BCUT2D eigenvalue weighted by molar-refractivity contribution is -0.122. The number of aryl methyl sites for hydroxylation is 1. The van der Waals surface area contributed by atoms with Crippen LogP contribution in [0.3, 0.4) is 0 Å². The van der Waals surface area contributed by atoms with Crippen LogP contribution in [0.2, 0.25) is 0 Å². The fourth-order valence-corrected chi connectivity index (χ4v) is 3.88. The minimum absolute atomic E-state index is 0.0344. The molecule has 29 heavy (non-hydrogen) atoms. The number of primary amides is 1. The lowest BCUT2D eigenvalue weighted by Gasteiger charge is -2.32. The van der Waals surface area contributed by atoms with Gasteiger partial charge in [-0.2, -0.15) is 4.98 Å². The van der Waals surface area contributed by atoms with Crippen LogP contribution >= 0.6 is 0 Å². The van der Waals surface area contributed by atoms with Gasteiger partial charge in [-0.3, -0.25) is 4.79 Å². The molecular weight excluding hydrogens is 368 g/mol. The normalized spacial score (nSPS) is 20.4. The van der Waals surface area contributed by atoms with Crippen molar-refractivity contribution < 1.29 is 9.53 Å². The van der Waals surface area contributed by atoms with Crippen LogP contribution in [0.5, 0.6) is 0 Å². The van der Waals surface area contributed by atoms with Gasteiger partial charge in [0.25, 0.3) is 0 Å². The summed E-state index contributed by atoms with van der Waals surface area (Å²) in [6.45, 7) is 6.03. The summed E-state index contributed by atoms with van der Waals surface area (Å²) >= 11 is 0. The molecule has 4 rings (SSSR count). The Hall–Kier alpha value is -2.71. The lowest BCUT2D eigenvalue weighted by atomic mass is 9.96. The van der Waals surface area contributed by atoms with Gasteiger partial charge in [0, 0.05) is 49.5 Å². The summed E-state index contributed by atoms with van der Waals surface area (Å²) in [6.07, 6.45) is 3.46. The summed E-state index contributed by atoms with van der Waals surface area (Å²) in [5.74, 6) is 1.23. The highest BCUT2D eigenvalue weighted by molar-refractivity contribution is 5.77. The minimum Gasteiger partial charge on any atom is -0.371 e. The fraction of sp³-hybridized carbons (Fsp3) is 0.476. The molecule has 1 amide bonds. The first-order valence-electron chi connectivity index (χ1n) is 10.2. The molecule has 0 aliphatic carbocycles. The third-order valence-corrected chi connectivity index (χ3v) is 5.61. The largest absolute Gasteiger partial charge is 0.371 e. The second-order valence-corrected chi connectivity index (χ2v) is 7.67. The number of aromatic nitrogens is 2. The van der Waals surface area contributed by atoms with Gasteiger partial charge in [0.05, 0.1) is 12.7 Å². The van der Waals surface area contributed by atoms with Crippen molar-refractivity contribution in [2.45, 2.75) is 25.9 Å². The zero-order valence-electron chi connectivity index (χ0n) is 16.7. The number of rotatable bonds is 5. The molecule has 1 aromatic heterocycles. The van der Waals surface area contributed by atoms with E-state index in [2.05, 4.69) is 32.7 Å². The topological polar surface area (TPSA) is 105 Å². The number of benzene rings is 1. The Morgan fingerprint density at radius 1 is 1.28 bits per heavy atom. The van der Waals surface area contributed by atoms with Crippen molar-refractivity contribution in [3.8, 4) is 0 Å². The summed E-state index contributed by atoms with van der Waals surface area (Å²) in [6, 6.07) is 8.19. The zero-order chi connectivity index (χ0) is 20.2. The zero-order valence-corrected chi connectivity index (χ0v) is 16.7. The van der Waals surface area contributed by atoms with Gasteiger partial charge in [-0.25, -0.2) is 4.98 Å². The summed E-state index contributed by atoms with van der Waals surface area (Å²) in [7, 11) is 0. The number of nitrogens with two attached hydrogens (primary N) is 1. The summed E-state index contributed by atoms with van der Waals surface area (Å²) in [5, 5.41) is 6.64. The third-order valence-electron chi connectivity index (χ3n) is 5.61. The SMILES string of the molecule is Cc1cnc(Nc2ccc(C3CNCCO3)cc2)nc1N1CCC(C(N)=O)CC1. The van der Waals surface area contributed by atoms with Crippen molar-refractivity contribution in [3.05, 3.63) is 41.6 Å². The monoisotopic (exact) mass is 396 g/mol. The molecule has 2 aliphatic rings. The molecule has 1 aromatic carbocycles. The Morgan fingerprint density at radius 3 is 2.69 bits per heavy atom. The van der Waals surface area contributed by atoms with E-state index in [1.54, 1.807) is 0 Å². The van der Waals surface area contributed by atoms with Crippen LogP contribution in [0.4, 0.5) is 17.5 Å². The number of ether oxygens (including phenoxy) is 1. The Balaban J connectivity index is 1.43. The first-order valence-corrected chi connectivity index (χ1v) is 10.2. The molecule has 0 radical (unpaired) electrons. The molecule has 2 aliphatic heterocycles. The van der Waals surface area contributed by atoms with Crippen LogP contribution in [0, 0.1) is 12.8 Å². The fourth-order valence-electron chi connectivity index (χ4n) is 3.88. The van der Waals surface area contributed by atoms with E-state index in [0.29, 0.717) is 5.95 Å². The van der Waals surface area contributed by atoms with Gasteiger partial charge in [-0.15, -0.1) is 0 Å². The molecule has 2 fully saturated rings. The average Bonchev–Trinajstić information content (AvgIpc) is 2.76. The molecule has 4 N–H and O–H groups in total. The van der Waals surface area contributed by atoms with Crippen molar-refractivity contribution in [3.63, 3.8) is 0 Å². The maximum Gasteiger partial charge on any atom is 0.229 e. The number of hydrogen-bond acceptors (Lipinski definition) is 7. The third kappa shape index (κ3) is 4.65. The van der Waals surface area contributed by atoms with Gasteiger partial charge in [0.1, 0.15) is 5.82 Å². The molecule has 3 heterocycles. The number of piperidine rings is 1. The smallest absolute Gasteiger partial charge is 0.229 e. The first-order chi connectivity index (χ1) is 14.1. The van der Waals surface area contributed by atoms with E-state index in [0.717, 1.165) is 68.3 Å². The van der Waals surface area contributed by atoms with Crippen LogP contribution in [-0.4, -0.2) is 48.7 Å². The number of carbonyl (C=O) groups is 1. The van der Waals surface area contributed by atoms with E-state index in [-0.39, 0.29) is 17.9 Å². The predicted octanol–water partition coefficient (Wildman–Crippen LogP) is 1.89. The van der Waals surface area contributed by atoms with Crippen LogP contribution in [0.15, 0.2) is 30.5 Å². The predicted molar refractivity (Wildman–Crippen MR) is 112 cm³/mol. The van der Waals surface area contributed by atoms with Crippen molar-refractivity contribution in [2.75, 3.05) is 43.0 Å². The summed E-state index contributed by atoms with van der Waals surface area (Å²) in [5.41, 5.74) is 8.55. The minimum atomic E-state index is -0.204. The summed E-state index contributed by atoms with van der Waals surface area (Å²) in [4.78, 5) is 22.8. The number of nitrogens with zero attached hydrogens (tertiary/aromatic N) is 3. The molecule has 0 saturated carbocycles. The molecular formula is C21H28N6O2. The Labute approximate surface area is 170 Å². The highest BCUT2D eigenvalue weighted by Crippen LogP contribution is 2.26. The van der Waals surface area contributed by atoms with E-state index in [9.17, 15) is 4.79 Å². The molecule has 2 aromatic rings. The van der Waals surface area contributed by atoms with Gasteiger partial charge in [0.15, 0.2) is 0 Å². The Kier molecular flexibility index (Phi) is 5.92. The van der Waals surface area contributed by atoms with Crippen molar-refractivity contribution in [2.24, 2.45) is 11.7 Å². The molecule has 8 heteroatoms. The molecule has 8 nitrogen and oxygen atoms in total. The number of morpholine rings is 1. The molecule has 154 valence electrons. The highest BCUT2D eigenvalue weighted by atomic mass is 16.5. The number of nitrogens with one attached hydrogen (secondary N) is 2. The highest BCUT2D eigenvalue weighted by Gasteiger charge is 2.25. The second kappa shape index (κ2) is 8.75. The van der Waals surface area contributed by atoms with Crippen molar-refractivity contribution in [1.29, 1.82) is 0 Å². The Morgan fingerprint density at radius 2 is 2.03 bits per heavy atom. The summed E-state index contributed by atoms with van der Waals surface area (Å²) < 4.78 is 5.80. The molecule has 0 bridgehead atoms. The molecule has 0 spiro atoms. The van der Waals surface area contributed by atoms with Crippen molar-refractivity contribution in [1.82, 2.24) is 15.3 Å². The molecule has 2 saturated heterocycles. The van der Waals surface area contributed by atoms with Gasteiger partial charge in [-0.05, 0) is 37.5 Å².